The fourth-order valence-corrected chi connectivity index (χ4v) is 2.13. The Labute approximate surface area is 98.6 Å². The van der Waals surface area contributed by atoms with E-state index in [0.717, 1.165) is 13.1 Å². The van der Waals surface area contributed by atoms with Crippen molar-refractivity contribution in [2.24, 2.45) is 5.92 Å². The smallest absolute Gasteiger partial charge is 0.0972 e. The zero-order valence-electron chi connectivity index (χ0n) is 10.7. The lowest BCUT2D eigenvalue weighted by atomic mass is 9.90. The van der Waals surface area contributed by atoms with Crippen LogP contribution in [0.25, 0.3) is 0 Å². The lowest BCUT2D eigenvalue weighted by molar-refractivity contribution is -0.00106. The van der Waals surface area contributed by atoms with Crippen LogP contribution in [0.2, 0.25) is 0 Å². The van der Waals surface area contributed by atoms with Gasteiger partial charge in [-0.1, -0.05) is 0 Å². The highest BCUT2D eigenvalue weighted by atomic mass is 16.3. The van der Waals surface area contributed by atoms with Gasteiger partial charge in [-0.25, -0.2) is 0 Å². The van der Waals surface area contributed by atoms with Gasteiger partial charge >= 0.3 is 0 Å². The van der Waals surface area contributed by atoms with Gasteiger partial charge in [-0.15, -0.1) is 0 Å². The van der Waals surface area contributed by atoms with Gasteiger partial charge in [-0.2, -0.15) is 0 Å². The molecule has 1 aliphatic rings. The number of rotatable bonds is 5. The van der Waals surface area contributed by atoms with E-state index in [1.165, 1.54) is 12.8 Å². The first kappa shape index (κ1) is 13.9. The summed E-state index contributed by atoms with van der Waals surface area (Å²) < 4.78 is 0. The molecule has 4 nitrogen and oxygen atoms in total. The third-order valence-electron chi connectivity index (χ3n) is 3.62. The number of nitrogens with one attached hydrogen (secondary N) is 1. The first-order valence-electron chi connectivity index (χ1n) is 6.20. The highest BCUT2D eigenvalue weighted by molar-refractivity contribution is 4.82. The lowest BCUT2D eigenvalue weighted by Gasteiger charge is -2.34. The third-order valence-corrected chi connectivity index (χ3v) is 3.62. The molecule has 1 saturated heterocycles. The lowest BCUT2D eigenvalue weighted by Crippen LogP contribution is -2.47. The normalized spacial score (nSPS) is 25.3. The van der Waals surface area contributed by atoms with Gasteiger partial charge in [0.25, 0.3) is 0 Å². The van der Waals surface area contributed by atoms with E-state index in [2.05, 4.69) is 24.2 Å². The molecule has 2 unspecified atom stereocenters. The van der Waals surface area contributed by atoms with E-state index in [-0.39, 0.29) is 6.61 Å². The zero-order chi connectivity index (χ0) is 12.2. The molecule has 16 heavy (non-hydrogen) atoms. The minimum atomic E-state index is -1.00. The Morgan fingerprint density at radius 1 is 1.44 bits per heavy atom. The van der Waals surface area contributed by atoms with E-state index in [0.29, 0.717) is 18.5 Å². The van der Waals surface area contributed by atoms with E-state index >= 15 is 0 Å². The maximum atomic E-state index is 9.69. The van der Waals surface area contributed by atoms with E-state index < -0.39 is 5.60 Å². The van der Waals surface area contributed by atoms with Crippen molar-refractivity contribution in [3.63, 3.8) is 0 Å². The van der Waals surface area contributed by atoms with Gasteiger partial charge in [0.05, 0.1) is 12.2 Å². The number of hydrogen-bond acceptors (Lipinski definition) is 4. The summed E-state index contributed by atoms with van der Waals surface area (Å²) in [6.45, 7) is 6.40. The van der Waals surface area contributed by atoms with Crippen LogP contribution < -0.4 is 5.32 Å². The van der Waals surface area contributed by atoms with Gasteiger partial charge in [-0.05, 0) is 52.7 Å². The van der Waals surface area contributed by atoms with Crippen LogP contribution in [0.5, 0.6) is 0 Å². The van der Waals surface area contributed by atoms with Crippen molar-refractivity contribution in [2.45, 2.75) is 38.3 Å². The van der Waals surface area contributed by atoms with E-state index in [1.807, 2.05) is 0 Å². The van der Waals surface area contributed by atoms with Crippen molar-refractivity contribution >= 4 is 0 Å². The summed E-state index contributed by atoms with van der Waals surface area (Å²) in [6, 6.07) is 0.409. The second-order valence-corrected chi connectivity index (χ2v) is 5.47. The molecule has 1 aliphatic heterocycles. The van der Waals surface area contributed by atoms with Crippen LogP contribution in [0.3, 0.4) is 0 Å². The fraction of sp³-hybridized carbons (Fsp3) is 1.00. The van der Waals surface area contributed by atoms with Crippen molar-refractivity contribution in [2.75, 3.05) is 33.3 Å². The molecule has 0 radical (unpaired) electrons. The first-order valence-corrected chi connectivity index (χ1v) is 6.20. The Morgan fingerprint density at radius 3 is 2.50 bits per heavy atom. The molecule has 0 spiro atoms. The minimum Gasteiger partial charge on any atom is -0.393 e. The quantitative estimate of drug-likeness (QED) is 0.625. The molecule has 1 heterocycles. The second-order valence-electron chi connectivity index (χ2n) is 5.47. The van der Waals surface area contributed by atoms with Crippen molar-refractivity contribution < 1.29 is 10.2 Å². The molecule has 96 valence electrons. The van der Waals surface area contributed by atoms with Crippen LogP contribution in [-0.4, -0.2) is 60.0 Å². The SMILES string of the molecule is CC(NCC(C)(O)CO)C1CCN(C)CC1. The molecule has 3 N–H and O–H groups in total. The predicted octanol–water partition coefficient (Wildman–Crippen LogP) is 0.0496. The molecule has 0 bridgehead atoms. The van der Waals surface area contributed by atoms with Gasteiger partial charge in [0.15, 0.2) is 0 Å². The fourth-order valence-electron chi connectivity index (χ4n) is 2.13. The molecule has 0 saturated carbocycles. The first-order chi connectivity index (χ1) is 7.44. The van der Waals surface area contributed by atoms with Crippen molar-refractivity contribution in [1.82, 2.24) is 10.2 Å². The Kier molecular flexibility index (Phi) is 5.18. The molecular formula is C12H26N2O2. The minimum absolute atomic E-state index is 0.194. The van der Waals surface area contributed by atoms with Crippen LogP contribution in [-0.2, 0) is 0 Å². The molecular weight excluding hydrogens is 204 g/mol. The van der Waals surface area contributed by atoms with Gasteiger partial charge in [-0.3, -0.25) is 0 Å². The van der Waals surface area contributed by atoms with E-state index in [1.54, 1.807) is 6.92 Å². The van der Waals surface area contributed by atoms with Gasteiger partial charge in [0.1, 0.15) is 0 Å². The van der Waals surface area contributed by atoms with Crippen LogP contribution >= 0.6 is 0 Å². The number of nitrogens with zero attached hydrogens (tertiary/aromatic N) is 1. The van der Waals surface area contributed by atoms with Crippen LogP contribution in [0, 0.1) is 5.92 Å². The average molecular weight is 230 g/mol. The number of piperidine rings is 1. The third kappa shape index (κ3) is 4.37. The Hall–Kier alpha value is -0.160. The summed E-state index contributed by atoms with van der Waals surface area (Å²) in [5.74, 6) is 0.686. The molecule has 2 atom stereocenters. The summed E-state index contributed by atoms with van der Waals surface area (Å²) in [4.78, 5) is 2.35. The molecule has 1 rings (SSSR count). The molecule has 0 aromatic rings. The monoisotopic (exact) mass is 230 g/mol. The van der Waals surface area contributed by atoms with Crippen LogP contribution in [0.1, 0.15) is 26.7 Å². The Morgan fingerprint density at radius 2 is 2.00 bits per heavy atom. The number of aliphatic hydroxyl groups excluding tert-OH is 1. The Bertz CT molecular complexity index is 201. The van der Waals surface area contributed by atoms with Crippen molar-refractivity contribution in [3.8, 4) is 0 Å². The molecule has 0 aromatic carbocycles. The van der Waals surface area contributed by atoms with Crippen molar-refractivity contribution in [3.05, 3.63) is 0 Å². The highest BCUT2D eigenvalue weighted by Gasteiger charge is 2.25. The van der Waals surface area contributed by atoms with Crippen LogP contribution in [0.15, 0.2) is 0 Å². The van der Waals surface area contributed by atoms with Crippen LogP contribution in [0.4, 0.5) is 0 Å². The average Bonchev–Trinajstić information content (AvgIpc) is 2.27. The molecule has 0 amide bonds. The summed E-state index contributed by atoms with van der Waals surface area (Å²) in [6.07, 6.45) is 2.43. The Balaban J connectivity index is 2.27. The second kappa shape index (κ2) is 5.96. The standard InChI is InChI=1S/C12H26N2O2/c1-10(13-8-12(2,16)9-15)11-4-6-14(3)7-5-11/h10-11,13,15-16H,4-9H2,1-3H3. The van der Waals surface area contributed by atoms with E-state index in [9.17, 15) is 5.11 Å². The molecule has 1 fully saturated rings. The topological polar surface area (TPSA) is 55.7 Å². The van der Waals surface area contributed by atoms with E-state index in [4.69, 9.17) is 5.11 Å². The summed E-state index contributed by atoms with van der Waals surface area (Å²) >= 11 is 0. The number of likely N-dealkylation sites (tertiary alicyclic amines) is 1. The van der Waals surface area contributed by atoms with Crippen molar-refractivity contribution in [1.29, 1.82) is 0 Å². The predicted molar refractivity (Wildman–Crippen MR) is 65.4 cm³/mol. The molecule has 0 aliphatic carbocycles. The summed E-state index contributed by atoms with van der Waals surface area (Å²) in [5, 5.41) is 22.0. The summed E-state index contributed by atoms with van der Waals surface area (Å²) in [7, 11) is 2.16. The maximum absolute atomic E-state index is 9.69. The largest absolute Gasteiger partial charge is 0.393 e. The molecule has 4 heteroatoms. The zero-order valence-corrected chi connectivity index (χ0v) is 10.7. The van der Waals surface area contributed by atoms with Gasteiger partial charge < -0.3 is 20.4 Å². The molecule has 0 aromatic heterocycles. The summed E-state index contributed by atoms with van der Waals surface area (Å²) in [5.41, 5.74) is -1.00. The number of hydrogen-bond donors (Lipinski definition) is 3. The maximum Gasteiger partial charge on any atom is 0.0972 e. The van der Waals surface area contributed by atoms with Gasteiger partial charge in [0, 0.05) is 12.6 Å². The highest BCUT2D eigenvalue weighted by Crippen LogP contribution is 2.19. The number of aliphatic hydroxyl groups is 2. The van der Waals surface area contributed by atoms with Gasteiger partial charge in [0.2, 0.25) is 0 Å².